The van der Waals surface area contributed by atoms with Crippen LogP contribution in [0.15, 0.2) is 11.4 Å². The maximum Gasteiger partial charge on any atom is 0.321 e. The molecule has 0 spiro atoms. The molecule has 2 amide bonds. The summed E-state index contributed by atoms with van der Waals surface area (Å²) in [6, 6.07) is 1.90. The Morgan fingerprint density at radius 3 is 2.63 bits per heavy atom. The molecule has 19 heavy (non-hydrogen) atoms. The van der Waals surface area contributed by atoms with Crippen molar-refractivity contribution in [2.45, 2.75) is 33.7 Å². The summed E-state index contributed by atoms with van der Waals surface area (Å²) in [4.78, 5) is 18.6. The predicted molar refractivity (Wildman–Crippen MR) is 81.2 cm³/mol. The number of urea groups is 1. The zero-order valence-corrected chi connectivity index (χ0v) is 13.0. The van der Waals surface area contributed by atoms with Gasteiger partial charge in [-0.25, -0.2) is 9.78 Å². The first-order valence-electron chi connectivity index (χ1n) is 6.02. The lowest BCUT2D eigenvalue weighted by molar-refractivity contribution is 0.249. The Morgan fingerprint density at radius 2 is 2.11 bits per heavy atom. The van der Waals surface area contributed by atoms with Crippen molar-refractivity contribution in [3.8, 4) is 0 Å². The lowest BCUT2D eigenvalue weighted by Crippen LogP contribution is -2.31. The molecule has 2 heterocycles. The Morgan fingerprint density at radius 1 is 1.37 bits per heavy atom. The maximum atomic E-state index is 11.9. The van der Waals surface area contributed by atoms with Gasteiger partial charge in [-0.2, -0.15) is 0 Å². The first-order valence-corrected chi connectivity index (χ1v) is 7.72. The highest BCUT2D eigenvalue weighted by atomic mass is 32.1. The van der Waals surface area contributed by atoms with Crippen LogP contribution in [0, 0.1) is 20.8 Å². The van der Waals surface area contributed by atoms with Crippen molar-refractivity contribution in [2.75, 3.05) is 5.32 Å². The van der Waals surface area contributed by atoms with Gasteiger partial charge in [-0.1, -0.05) is 0 Å². The molecule has 102 valence electrons. The number of nitrogens with zero attached hydrogens (tertiary/aromatic N) is 1. The van der Waals surface area contributed by atoms with Gasteiger partial charge in [0.15, 0.2) is 5.13 Å². The molecule has 2 N–H and O–H groups in total. The highest BCUT2D eigenvalue weighted by molar-refractivity contribution is 7.14. The zero-order valence-electron chi connectivity index (χ0n) is 11.4. The molecule has 0 saturated carbocycles. The van der Waals surface area contributed by atoms with Gasteiger partial charge in [0.25, 0.3) is 0 Å². The van der Waals surface area contributed by atoms with Gasteiger partial charge < -0.3 is 5.32 Å². The summed E-state index contributed by atoms with van der Waals surface area (Å²) in [7, 11) is 0. The van der Waals surface area contributed by atoms with Crippen LogP contribution in [0.2, 0.25) is 0 Å². The van der Waals surface area contributed by atoms with Crippen molar-refractivity contribution in [2.24, 2.45) is 0 Å². The van der Waals surface area contributed by atoms with Gasteiger partial charge in [0.05, 0.1) is 11.7 Å². The fourth-order valence-electron chi connectivity index (χ4n) is 1.90. The van der Waals surface area contributed by atoms with Crippen LogP contribution in [0.1, 0.15) is 34.0 Å². The minimum atomic E-state index is -0.217. The normalized spacial score (nSPS) is 12.2. The number of aromatic nitrogens is 1. The number of carbonyl (C=O) groups is 1. The Labute approximate surface area is 120 Å². The largest absolute Gasteiger partial charge is 0.331 e. The van der Waals surface area contributed by atoms with Gasteiger partial charge in [0, 0.05) is 15.1 Å². The molecule has 0 saturated heterocycles. The van der Waals surface area contributed by atoms with Crippen molar-refractivity contribution >= 4 is 33.8 Å². The van der Waals surface area contributed by atoms with Gasteiger partial charge in [-0.05, 0) is 39.3 Å². The number of amides is 2. The first kappa shape index (κ1) is 14.0. The van der Waals surface area contributed by atoms with Crippen LogP contribution in [-0.4, -0.2) is 11.0 Å². The average molecular weight is 295 g/mol. The second-order valence-electron chi connectivity index (χ2n) is 4.48. The number of carbonyl (C=O) groups excluding carboxylic acids is 1. The topological polar surface area (TPSA) is 54.0 Å². The first-order chi connectivity index (χ1) is 8.95. The van der Waals surface area contributed by atoms with E-state index in [9.17, 15) is 4.79 Å². The highest BCUT2D eigenvalue weighted by Crippen LogP contribution is 2.26. The molecule has 2 aromatic rings. The molecule has 0 aliphatic carbocycles. The number of hydrogen-bond acceptors (Lipinski definition) is 4. The summed E-state index contributed by atoms with van der Waals surface area (Å²) in [5, 5.41) is 8.22. The fourth-order valence-corrected chi connectivity index (χ4v) is 3.60. The summed E-state index contributed by atoms with van der Waals surface area (Å²) in [5.74, 6) is 0. The number of rotatable bonds is 3. The van der Waals surface area contributed by atoms with E-state index in [2.05, 4.69) is 35.5 Å². The summed E-state index contributed by atoms with van der Waals surface area (Å²) in [6.07, 6.45) is 0. The third kappa shape index (κ3) is 3.54. The summed E-state index contributed by atoms with van der Waals surface area (Å²) >= 11 is 3.18. The van der Waals surface area contributed by atoms with Crippen LogP contribution in [0.25, 0.3) is 0 Å². The van der Waals surface area contributed by atoms with E-state index in [0.29, 0.717) is 5.13 Å². The zero-order chi connectivity index (χ0) is 14.0. The van der Waals surface area contributed by atoms with Crippen molar-refractivity contribution in [3.63, 3.8) is 0 Å². The van der Waals surface area contributed by atoms with E-state index >= 15 is 0 Å². The van der Waals surface area contributed by atoms with Crippen LogP contribution < -0.4 is 10.6 Å². The molecule has 4 nitrogen and oxygen atoms in total. The molecule has 0 aromatic carbocycles. The Balaban J connectivity index is 1.97. The van der Waals surface area contributed by atoms with Crippen molar-refractivity contribution in [1.29, 1.82) is 0 Å². The smallest absolute Gasteiger partial charge is 0.321 e. The van der Waals surface area contributed by atoms with Gasteiger partial charge in [-0.3, -0.25) is 5.32 Å². The van der Waals surface area contributed by atoms with E-state index in [4.69, 9.17) is 0 Å². The van der Waals surface area contributed by atoms with Crippen molar-refractivity contribution in [1.82, 2.24) is 10.3 Å². The van der Waals surface area contributed by atoms with Gasteiger partial charge in [-0.15, -0.1) is 22.7 Å². The van der Waals surface area contributed by atoms with E-state index < -0.39 is 0 Å². The summed E-state index contributed by atoms with van der Waals surface area (Å²) in [6.45, 7) is 8.04. The minimum Gasteiger partial charge on any atom is -0.331 e. The third-order valence-electron chi connectivity index (χ3n) is 2.73. The van der Waals surface area contributed by atoms with Gasteiger partial charge >= 0.3 is 6.03 Å². The van der Waals surface area contributed by atoms with E-state index in [1.54, 1.807) is 11.3 Å². The lowest BCUT2D eigenvalue weighted by Gasteiger charge is -2.13. The predicted octanol–water partition coefficient (Wildman–Crippen LogP) is 4.01. The van der Waals surface area contributed by atoms with Crippen molar-refractivity contribution in [3.05, 3.63) is 32.5 Å². The molecular formula is C13H17N3OS2. The molecular weight excluding hydrogens is 278 g/mol. The molecule has 6 heteroatoms. The molecule has 0 fully saturated rings. The Kier molecular flexibility index (Phi) is 4.21. The van der Waals surface area contributed by atoms with E-state index in [0.717, 1.165) is 5.69 Å². The van der Waals surface area contributed by atoms with E-state index in [-0.39, 0.29) is 12.1 Å². The molecule has 0 bridgehead atoms. The molecule has 0 aliphatic rings. The number of anilines is 1. The minimum absolute atomic E-state index is 0.00832. The maximum absolute atomic E-state index is 11.9. The molecule has 2 rings (SSSR count). The second-order valence-corrected chi connectivity index (χ2v) is 6.80. The quantitative estimate of drug-likeness (QED) is 0.899. The monoisotopic (exact) mass is 295 g/mol. The summed E-state index contributed by atoms with van der Waals surface area (Å²) < 4.78 is 0. The van der Waals surface area contributed by atoms with Crippen LogP contribution in [0.4, 0.5) is 9.93 Å². The molecule has 2 aromatic heterocycles. The highest BCUT2D eigenvalue weighted by Gasteiger charge is 2.14. The van der Waals surface area contributed by atoms with Crippen LogP contribution >= 0.6 is 22.7 Å². The number of thiazole rings is 1. The van der Waals surface area contributed by atoms with Gasteiger partial charge in [0.2, 0.25) is 0 Å². The van der Waals surface area contributed by atoms with E-state index in [1.807, 2.05) is 19.2 Å². The lowest BCUT2D eigenvalue weighted by atomic mass is 10.1. The third-order valence-corrected chi connectivity index (χ3v) is 4.59. The molecule has 1 unspecified atom stereocenters. The average Bonchev–Trinajstić information content (AvgIpc) is 2.84. The van der Waals surface area contributed by atoms with Crippen LogP contribution in [0.3, 0.4) is 0 Å². The number of hydrogen-bond donors (Lipinski definition) is 2. The number of nitrogens with one attached hydrogen (secondary N) is 2. The van der Waals surface area contributed by atoms with Crippen LogP contribution in [0.5, 0.6) is 0 Å². The molecule has 0 radical (unpaired) electrons. The fraction of sp³-hybridized carbons (Fsp3) is 0.385. The summed E-state index contributed by atoms with van der Waals surface area (Å²) in [5.41, 5.74) is 2.09. The van der Waals surface area contributed by atoms with Crippen LogP contribution in [-0.2, 0) is 0 Å². The Hall–Kier alpha value is -1.40. The Bertz CT molecular complexity index is 588. The second kappa shape index (κ2) is 5.71. The van der Waals surface area contributed by atoms with Gasteiger partial charge in [0.1, 0.15) is 0 Å². The molecule has 0 aliphatic heterocycles. The SMILES string of the molecule is Cc1csc(NC(=O)NC(C)c2cc(C)sc2C)n1. The van der Waals surface area contributed by atoms with Crippen molar-refractivity contribution < 1.29 is 4.79 Å². The standard InChI is InChI=1S/C13H17N3OS2/c1-7-6-18-13(14-7)16-12(17)15-9(3)11-5-8(2)19-10(11)4/h5-6,9H,1-4H3,(H2,14,15,16,17). The number of aryl methyl sites for hydroxylation is 3. The van der Waals surface area contributed by atoms with E-state index in [1.165, 1.54) is 26.7 Å². The number of thiophene rings is 1. The molecule has 1 atom stereocenters.